The minimum atomic E-state index is -4.64. The highest BCUT2D eigenvalue weighted by Gasteiger charge is 2.34. The maximum Gasteiger partial charge on any atom is 0.418 e. The van der Waals surface area contributed by atoms with Crippen LogP contribution in [0.1, 0.15) is 29.8 Å². The molecule has 0 unspecified atom stereocenters. The molecule has 0 saturated carbocycles. The summed E-state index contributed by atoms with van der Waals surface area (Å²) in [6, 6.07) is 9.81. The highest BCUT2D eigenvalue weighted by molar-refractivity contribution is 7.89. The first-order valence-corrected chi connectivity index (χ1v) is 10.7. The number of para-hydroxylation sites is 1. The van der Waals surface area contributed by atoms with E-state index in [9.17, 15) is 26.4 Å². The van der Waals surface area contributed by atoms with Crippen LogP contribution in [0.25, 0.3) is 0 Å². The Morgan fingerprint density at radius 1 is 1.07 bits per heavy atom. The molecule has 1 saturated heterocycles. The number of carbonyl (C=O) groups excluding carboxylic acids is 1. The van der Waals surface area contributed by atoms with Gasteiger partial charge in [0.05, 0.1) is 28.4 Å². The first kappa shape index (κ1) is 22.3. The van der Waals surface area contributed by atoms with E-state index >= 15 is 0 Å². The van der Waals surface area contributed by atoms with Crippen molar-refractivity contribution in [1.82, 2.24) is 4.31 Å². The van der Waals surface area contributed by atoms with E-state index in [1.165, 1.54) is 34.6 Å². The zero-order valence-corrected chi connectivity index (χ0v) is 17.1. The first-order valence-electron chi connectivity index (χ1n) is 9.21. The average molecular weight is 442 g/mol. The molecule has 0 radical (unpaired) electrons. The second-order valence-corrected chi connectivity index (χ2v) is 9.04. The van der Waals surface area contributed by atoms with E-state index in [1.807, 2.05) is 0 Å². The summed E-state index contributed by atoms with van der Waals surface area (Å²) in [5, 5.41) is 2.22. The molecule has 0 bridgehead atoms. The van der Waals surface area contributed by atoms with E-state index < -0.39 is 33.4 Å². The molecular formula is C20H21F3N2O4S. The van der Waals surface area contributed by atoms with Gasteiger partial charge in [0.15, 0.2) is 0 Å². The number of nitrogens with zero attached hydrogens (tertiary/aromatic N) is 1. The van der Waals surface area contributed by atoms with Crippen LogP contribution < -0.4 is 5.32 Å². The summed E-state index contributed by atoms with van der Waals surface area (Å²) < 4.78 is 72.2. The Bertz CT molecular complexity index is 1030. The normalized spacial score (nSPS) is 20.7. The molecule has 0 aromatic heterocycles. The summed E-state index contributed by atoms with van der Waals surface area (Å²) in [6.45, 7) is 3.87. The van der Waals surface area contributed by atoms with Crippen molar-refractivity contribution in [3.8, 4) is 0 Å². The van der Waals surface area contributed by atoms with Gasteiger partial charge >= 0.3 is 6.18 Å². The van der Waals surface area contributed by atoms with Gasteiger partial charge in [-0.25, -0.2) is 8.42 Å². The molecule has 2 aromatic carbocycles. The molecule has 1 aliphatic heterocycles. The summed E-state index contributed by atoms with van der Waals surface area (Å²) in [5.74, 6) is -0.840. The number of amides is 1. The lowest BCUT2D eigenvalue weighted by atomic mass is 10.1. The molecule has 1 fully saturated rings. The molecule has 10 heteroatoms. The summed E-state index contributed by atoms with van der Waals surface area (Å²) in [5.41, 5.74) is -1.46. The summed E-state index contributed by atoms with van der Waals surface area (Å²) >= 11 is 0. The van der Waals surface area contributed by atoms with E-state index in [1.54, 1.807) is 13.8 Å². The molecule has 3 rings (SSSR count). The van der Waals surface area contributed by atoms with Gasteiger partial charge in [0.1, 0.15) is 0 Å². The minimum Gasteiger partial charge on any atom is -0.373 e. The summed E-state index contributed by atoms with van der Waals surface area (Å²) in [4.78, 5) is 12.4. The highest BCUT2D eigenvalue weighted by atomic mass is 32.2. The van der Waals surface area contributed by atoms with Crippen LogP contribution in [0, 0.1) is 0 Å². The van der Waals surface area contributed by atoms with Gasteiger partial charge < -0.3 is 10.1 Å². The van der Waals surface area contributed by atoms with Crippen molar-refractivity contribution in [3.63, 3.8) is 0 Å². The van der Waals surface area contributed by atoms with Crippen LogP contribution in [0.5, 0.6) is 0 Å². The third kappa shape index (κ3) is 4.82. The number of hydrogen-bond donors (Lipinski definition) is 1. The fourth-order valence-corrected chi connectivity index (χ4v) is 4.94. The number of halogens is 3. The molecule has 1 N–H and O–H groups in total. The molecule has 1 amide bonds. The van der Waals surface area contributed by atoms with Gasteiger partial charge in [-0.1, -0.05) is 18.2 Å². The predicted molar refractivity (Wildman–Crippen MR) is 105 cm³/mol. The van der Waals surface area contributed by atoms with Gasteiger partial charge in [-0.15, -0.1) is 0 Å². The van der Waals surface area contributed by atoms with E-state index in [4.69, 9.17) is 4.74 Å². The second kappa shape index (κ2) is 8.37. The Morgan fingerprint density at radius 3 is 2.33 bits per heavy atom. The number of anilines is 1. The monoisotopic (exact) mass is 442 g/mol. The van der Waals surface area contributed by atoms with Crippen LogP contribution in [-0.4, -0.2) is 43.9 Å². The topological polar surface area (TPSA) is 75.7 Å². The summed E-state index contributed by atoms with van der Waals surface area (Å²) in [6.07, 6.45) is -5.21. The number of sulfonamides is 1. The van der Waals surface area contributed by atoms with Crippen molar-refractivity contribution < 1.29 is 31.1 Å². The Hall–Kier alpha value is -2.43. The van der Waals surface area contributed by atoms with Crippen molar-refractivity contribution in [2.75, 3.05) is 18.4 Å². The minimum absolute atomic E-state index is 0.0672. The fourth-order valence-electron chi connectivity index (χ4n) is 3.31. The largest absolute Gasteiger partial charge is 0.418 e. The molecule has 162 valence electrons. The van der Waals surface area contributed by atoms with Crippen LogP contribution in [0.4, 0.5) is 18.9 Å². The fraction of sp³-hybridized carbons (Fsp3) is 0.350. The van der Waals surface area contributed by atoms with E-state index in [0.29, 0.717) is 0 Å². The van der Waals surface area contributed by atoms with Crippen LogP contribution in [0.3, 0.4) is 0 Å². The molecule has 0 aliphatic carbocycles. The molecule has 1 aliphatic rings. The maximum atomic E-state index is 13.1. The van der Waals surface area contributed by atoms with Crippen LogP contribution in [-0.2, 0) is 20.9 Å². The Balaban J connectivity index is 1.86. The van der Waals surface area contributed by atoms with Crippen LogP contribution in [0.15, 0.2) is 53.4 Å². The van der Waals surface area contributed by atoms with Crippen LogP contribution in [0.2, 0.25) is 0 Å². The van der Waals surface area contributed by atoms with Gasteiger partial charge in [-0.2, -0.15) is 17.5 Å². The lowest BCUT2D eigenvalue weighted by molar-refractivity contribution is -0.136. The predicted octanol–water partition coefficient (Wildman–Crippen LogP) is 3.76. The Labute approximate surface area is 172 Å². The summed E-state index contributed by atoms with van der Waals surface area (Å²) in [7, 11) is -3.89. The van der Waals surface area contributed by atoms with E-state index in [-0.39, 0.29) is 35.8 Å². The van der Waals surface area contributed by atoms with Crippen molar-refractivity contribution in [2.45, 2.75) is 37.1 Å². The van der Waals surface area contributed by atoms with Gasteiger partial charge in [-0.05, 0) is 44.2 Å². The van der Waals surface area contributed by atoms with E-state index in [0.717, 1.165) is 18.2 Å². The number of hydrogen-bond acceptors (Lipinski definition) is 4. The Morgan fingerprint density at radius 2 is 1.70 bits per heavy atom. The molecule has 6 nitrogen and oxygen atoms in total. The molecule has 30 heavy (non-hydrogen) atoms. The molecule has 1 heterocycles. The number of ether oxygens (including phenoxy) is 1. The zero-order valence-electron chi connectivity index (χ0n) is 16.3. The van der Waals surface area contributed by atoms with Gasteiger partial charge in [-0.3, -0.25) is 4.79 Å². The highest BCUT2D eigenvalue weighted by Crippen LogP contribution is 2.34. The molecular weight excluding hydrogens is 421 g/mol. The van der Waals surface area contributed by atoms with Gasteiger partial charge in [0, 0.05) is 18.7 Å². The first-order chi connectivity index (χ1) is 14.0. The lowest BCUT2D eigenvalue weighted by Gasteiger charge is -2.34. The van der Waals surface area contributed by atoms with Crippen LogP contribution >= 0.6 is 0 Å². The Kier molecular flexibility index (Phi) is 6.21. The average Bonchev–Trinajstić information content (AvgIpc) is 2.67. The number of benzene rings is 2. The SMILES string of the molecule is C[C@@H]1CN(S(=O)(=O)c2cccc(C(=O)Nc3ccccc3C(F)(F)F)c2)C[C@H](C)O1. The third-order valence-electron chi connectivity index (χ3n) is 4.60. The molecule has 2 aromatic rings. The number of morpholine rings is 1. The number of rotatable bonds is 4. The second-order valence-electron chi connectivity index (χ2n) is 7.10. The molecule has 0 spiro atoms. The zero-order chi connectivity index (χ0) is 22.1. The number of alkyl halides is 3. The standard InChI is InChI=1S/C20H21F3N2O4S/c1-13-11-25(12-14(2)29-13)30(27,28)16-7-5-6-15(10-16)19(26)24-18-9-4-3-8-17(18)20(21,22)23/h3-10,13-14H,11-12H2,1-2H3,(H,24,26)/t13-,14+. The van der Waals surface area contributed by atoms with E-state index in [2.05, 4.69) is 5.32 Å². The lowest BCUT2D eigenvalue weighted by Crippen LogP contribution is -2.48. The van der Waals surface area contributed by atoms with Crippen molar-refractivity contribution in [2.24, 2.45) is 0 Å². The van der Waals surface area contributed by atoms with Crippen molar-refractivity contribution in [1.29, 1.82) is 0 Å². The third-order valence-corrected chi connectivity index (χ3v) is 6.43. The maximum absolute atomic E-state index is 13.1. The molecule has 2 atom stereocenters. The van der Waals surface area contributed by atoms with Crippen molar-refractivity contribution >= 4 is 21.6 Å². The smallest absolute Gasteiger partial charge is 0.373 e. The van der Waals surface area contributed by atoms with Crippen molar-refractivity contribution in [3.05, 3.63) is 59.7 Å². The number of nitrogens with one attached hydrogen (secondary N) is 1. The number of carbonyl (C=O) groups is 1. The van der Waals surface area contributed by atoms with Gasteiger partial charge in [0.25, 0.3) is 5.91 Å². The quantitative estimate of drug-likeness (QED) is 0.783. The van der Waals surface area contributed by atoms with Gasteiger partial charge in [0.2, 0.25) is 10.0 Å².